The highest BCUT2D eigenvalue weighted by Crippen LogP contribution is 2.24. The quantitative estimate of drug-likeness (QED) is 0.731. The molecule has 0 radical (unpaired) electrons. The van der Waals surface area contributed by atoms with E-state index in [1.54, 1.807) is 24.0 Å². The number of rotatable bonds is 6. The number of ether oxygens (including phenoxy) is 1. The van der Waals surface area contributed by atoms with E-state index in [0.717, 1.165) is 16.7 Å². The highest BCUT2D eigenvalue weighted by Gasteiger charge is 2.32. The molecule has 0 unspecified atom stereocenters. The number of carbonyl (C=O) groups excluding carboxylic acids is 3. The van der Waals surface area contributed by atoms with E-state index < -0.39 is 18.0 Å². The summed E-state index contributed by atoms with van der Waals surface area (Å²) in [4.78, 5) is 38.5. The first-order valence-electron chi connectivity index (χ1n) is 9.44. The number of phenols is 1. The number of benzene rings is 2. The van der Waals surface area contributed by atoms with Crippen LogP contribution in [0, 0.1) is 0 Å². The number of phenolic OH excluding ortho intramolecular Hbond substituents is 1. The lowest BCUT2D eigenvalue weighted by Gasteiger charge is -2.23. The number of fused-ring (bicyclic) bond motifs is 1. The zero-order chi connectivity index (χ0) is 21.0. The van der Waals surface area contributed by atoms with Crippen molar-refractivity contribution in [1.29, 1.82) is 0 Å². The predicted molar refractivity (Wildman–Crippen MR) is 106 cm³/mol. The van der Waals surface area contributed by atoms with Crippen molar-refractivity contribution in [1.82, 2.24) is 10.2 Å². The fraction of sp³-hybridized carbons (Fsp3) is 0.318. The average molecular weight is 396 g/mol. The van der Waals surface area contributed by atoms with Crippen molar-refractivity contribution in [2.24, 2.45) is 0 Å². The summed E-state index contributed by atoms with van der Waals surface area (Å²) in [6.07, 6.45) is -1.43. The lowest BCUT2D eigenvalue weighted by Crippen LogP contribution is -2.41. The Morgan fingerprint density at radius 3 is 2.21 bits per heavy atom. The molecular formula is C22H24N2O5. The van der Waals surface area contributed by atoms with Gasteiger partial charge in [-0.1, -0.05) is 36.4 Å². The topological polar surface area (TPSA) is 95.9 Å². The number of aromatic hydroxyl groups is 1. The number of amides is 2. The first kappa shape index (κ1) is 20.4. The molecule has 0 spiro atoms. The summed E-state index contributed by atoms with van der Waals surface area (Å²) in [7, 11) is 0. The van der Waals surface area contributed by atoms with Gasteiger partial charge in [-0.3, -0.25) is 14.4 Å². The van der Waals surface area contributed by atoms with E-state index >= 15 is 0 Å². The summed E-state index contributed by atoms with van der Waals surface area (Å²) in [5.41, 5.74) is 2.90. The lowest BCUT2D eigenvalue weighted by molar-refractivity contribution is -0.160. The van der Waals surface area contributed by atoms with Crippen molar-refractivity contribution in [3.63, 3.8) is 0 Å². The van der Waals surface area contributed by atoms with Crippen LogP contribution in [0.15, 0.2) is 48.5 Å². The van der Waals surface area contributed by atoms with Gasteiger partial charge in [0.2, 0.25) is 5.91 Å². The van der Waals surface area contributed by atoms with E-state index in [2.05, 4.69) is 5.32 Å². The second-order valence-corrected chi connectivity index (χ2v) is 7.15. The van der Waals surface area contributed by atoms with Gasteiger partial charge < -0.3 is 20.1 Å². The summed E-state index contributed by atoms with van der Waals surface area (Å²) < 4.78 is 5.17. The van der Waals surface area contributed by atoms with Gasteiger partial charge in [-0.25, -0.2) is 0 Å². The number of nitrogens with one attached hydrogen (secondary N) is 1. The Kier molecular flexibility index (Phi) is 6.16. The molecule has 7 nitrogen and oxygen atoms in total. The molecule has 0 fully saturated rings. The number of nitrogens with zero attached hydrogens (tertiary/aromatic N) is 1. The molecule has 2 aromatic carbocycles. The van der Waals surface area contributed by atoms with Gasteiger partial charge in [0.05, 0.1) is 12.5 Å². The third-order valence-corrected chi connectivity index (χ3v) is 4.88. The Morgan fingerprint density at radius 2 is 1.66 bits per heavy atom. The Labute approximate surface area is 169 Å². The second kappa shape index (κ2) is 8.77. The van der Waals surface area contributed by atoms with Crippen molar-refractivity contribution >= 4 is 17.8 Å². The summed E-state index contributed by atoms with van der Waals surface area (Å²) in [5, 5.41) is 12.2. The third-order valence-electron chi connectivity index (χ3n) is 4.88. The van der Waals surface area contributed by atoms with Crippen molar-refractivity contribution < 1.29 is 24.2 Å². The maximum absolute atomic E-state index is 12.9. The van der Waals surface area contributed by atoms with Gasteiger partial charge >= 0.3 is 5.97 Å². The molecule has 2 atom stereocenters. The molecular weight excluding hydrogens is 372 g/mol. The SMILES string of the molecule is CC(=O)O[C@H](CC(=O)N[C@H](C)c1ccc(O)cc1)C(=O)N1Cc2ccccc2C1. The Hall–Kier alpha value is -3.35. The van der Waals surface area contributed by atoms with Crippen LogP contribution >= 0.6 is 0 Å². The molecule has 0 saturated carbocycles. The maximum Gasteiger partial charge on any atom is 0.303 e. The fourth-order valence-corrected chi connectivity index (χ4v) is 3.39. The molecule has 0 saturated heterocycles. The minimum Gasteiger partial charge on any atom is -0.508 e. The van der Waals surface area contributed by atoms with E-state index in [-0.39, 0.29) is 24.1 Å². The van der Waals surface area contributed by atoms with E-state index in [1.807, 2.05) is 24.3 Å². The molecule has 1 aliphatic heterocycles. The zero-order valence-electron chi connectivity index (χ0n) is 16.4. The smallest absolute Gasteiger partial charge is 0.303 e. The largest absolute Gasteiger partial charge is 0.508 e. The Bertz CT molecular complexity index is 885. The van der Waals surface area contributed by atoms with Crippen LogP contribution in [-0.4, -0.2) is 33.9 Å². The van der Waals surface area contributed by atoms with E-state index in [0.29, 0.717) is 13.1 Å². The Balaban J connectivity index is 1.64. The molecule has 1 aliphatic rings. The van der Waals surface area contributed by atoms with Gasteiger partial charge in [0.1, 0.15) is 5.75 Å². The van der Waals surface area contributed by atoms with Gasteiger partial charge in [-0.15, -0.1) is 0 Å². The van der Waals surface area contributed by atoms with E-state index in [4.69, 9.17) is 4.74 Å². The van der Waals surface area contributed by atoms with Crippen molar-refractivity contribution in [2.45, 2.75) is 45.5 Å². The molecule has 0 bridgehead atoms. The van der Waals surface area contributed by atoms with Gasteiger partial charge in [0.25, 0.3) is 5.91 Å². The molecule has 1 heterocycles. The van der Waals surface area contributed by atoms with Gasteiger partial charge in [-0.05, 0) is 35.7 Å². The van der Waals surface area contributed by atoms with Crippen LogP contribution in [0.5, 0.6) is 5.75 Å². The summed E-state index contributed by atoms with van der Waals surface area (Å²) in [6.45, 7) is 3.87. The highest BCUT2D eigenvalue weighted by atomic mass is 16.5. The normalized spacial score (nSPS) is 14.6. The molecule has 29 heavy (non-hydrogen) atoms. The van der Waals surface area contributed by atoms with E-state index in [9.17, 15) is 19.5 Å². The predicted octanol–water partition coefficient (Wildman–Crippen LogP) is 2.43. The molecule has 152 valence electrons. The minimum atomic E-state index is -1.17. The lowest BCUT2D eigenvalue weighted by atomic mass is 10.1. The van der Waals surface area contributed by atoms with Crippen LogP contribution in [-0.2, 0) is 32.2 Å². The first-order valence-corrected chi connectivity index (χ1v) is 9.44. The number of carbonyl (C=O) groups is 3. The molecule has 7 heteroatoms. The highest BCUT2D eigenvalue weighted by molar-refractivity contribution is 5.89. The summed E-state index contributed by atoms with van der Waals surface area (Å²) in [5.74, 6) is -1.26. The van der Waals surface area contributed by atoms with Crippen LogP contribution in [0.2, 0.25) is 0 Å². The molecule has 0 aromatic heterocycles. The molecule has 2 aromatic rings. The van der Waals surface area contributed by atoms with Gasteiger partial charge in [-0.2, -0.15) is 0 Å². The molecule has 2 N–H and O–H groups in total. The number of hydrogen-bond donors (Lipinski definition) is 2. The van der Waals surface area contributed by atoms with E-state index in [1.165, 1.54) is 19.1 Å². The first-order chi connectivity index (χ1) is 13.8. The van der Waals surface area contributed by atoms with Crippen molar-refractivity contribution in [3.05, 3.63) is 65.2 Å². The zero-order valence-corrected chi connectivity index (χ0v) is 16.4. The van der Waals surface area contributed by atoms with Gasteiger partial charge in [0.15, 0.2) is 6.10 Å². The minimum absolute atomic E-state index is 0.138. The fourth-order valence-electron chi connectivity index (χ4n) is 3.39. The molecule has 0 aliphatic carbocycles. The second-order valence-electron chi connectivity index (χ2n) is 7.15. The standard InChI is InChI=1S/C22H24N2O5/c1-14(16-7-9-19(26)10-8-16)23-21(27)11-20(29-15(2)25)22(28)24-12-17-5-3-4-6-18(17)13-24/h3-10,14,20,26H,11-13H2,1-2H3,(H,23,27)/t14-,20-/m1/s1. The third kappa shape index (κ3) is 5.13. The monoisotopic (exact) mass is 396 g/mol. The number of hydrogen-bond acceptors (Lipinski definition) is 5. The van der Waals surface area contributed by atoms with Crippen molar-refractivity contribution in [2.75, 3.05) is 0 Å². The van der Waals surface area contributed by atoms with Crippen LogP contribution in [0.4, 0.5) is 0 Å². The molecule has 3 rings (SSSR count). The van der Waals surface area contributed by atoms with Crippen LogP contribution in [0.25, 0.3) is 0 Å². The average Bonchev–Trinajstić information content (AvgIpc) is 3.11. The van der Waals surface area contributed by atoms with Crippen molar-refractivity contribution in [3.8, 4) is 5.75 Å². The van der Waals surface area contributed by atoms with Crippen LogP contribution < -0.4 is 5.32 Å². The summed E-state index contributed by atoms with van der Waals surface area (Å²) >= 11 is 0. The summed E-state index contributed by atoms with van der Waals surface area (Å²) in [6, 6.07) is 13.9. The number of esters is 1. The molecule has 2 amide bonds. The van der Waals surface area contributed by atoms with Crippen LogP contribution in [0.3, 0.4) is 0 Å². The van der Waals surface area contributed by atoms with Crippen LogP contribution in [0.1, 0.15) is 43.0 Å². The van der Waals surface area contributed by atoms with Gasteiger partial charge in [0, 0.05) is 20.0 Å². The Morgan fingerprint density at radius 1 is 1.07 bits per heavy atom. The maximum atomic E-state index is 12.9.